The van der Waals surface area contributed by atoms with Crippen molar-refractivity contribution in [3.8, 4) is 5.75 Å². The van der Waals surface area contributed by atoms with Crippen molar-refractivity contribution in [2.24, 2.45) is 0 Å². The fraction of sp³-hybridized carbons (Fsp3) is 0.400. The van der Waals surface area contributed by atoms with Crippen LogP contribution in [-0.2, 0) is 10.2 Å². The van der Waals surface area contributed by atoms with Gasteiger partial charge in [-0.1, -0.05) is 18.2 Å². The lowest BCUT2D eigenvalue weighted by molar-refractivity contribution is 0.336. The summed E-state index contributed by atoms with van der Waals surface area (Å²) in [5, 5.41) is -1.19. The van der Waals surface area contributed by atoms with Crippen molar-refractivity contribution >= 4 is 10.2 Å². The van der Waals surface area contributed by atoms with Crippen LogP contribution in [0, 0.1) is 0 Å². The molecule has 1 atom stereocenters. The lowest BCUT2D eigenvalue weighted by atomic mass is 10.1. The zero-order chi connectivity index (χ0) is 11.5. The van der Waals surface area contributed by atoms with Crippen molar-refractivity contribution in [2.45, 2.75) is 19.1 Å². The van der Waals surface area contributed by atoms with Crippen LogP contribution in [-0.4, -0.2) is 15.0 Å². The molecule has 0 aliphatic carbocycles. The Kier molecular flexibility index (Phi) is 3.68. The van der Waals surface area contributed by atoms with Gasteiger partial charge in [-0.2, -0.15) is 8.42 Å². The predicted octanol–water partition coefficient (Wildman–Crippen LogP) is 2.45. The second kappa shape index (κ2) is 4.61. The quantitative estimate of drug-likeness (QED) is 0.749. The molecule has 0 amide bonds. The van der Waals surface area contributed by atoms with Gasteiger partial charge in [0.05, 0.1) is 6.61 Å². The zero-order valence-electron chi connectivity index (χ0n) is 8.60. The van der Waals surface area contributed by atoms with Gasteiger partial charge < -0.3 is 4.74 Å². The van der Waals surface area contributed by atoms with Crippen LogP contribution in [0.3, 0.4) is 0 Å². The van der Waals surface area contributed by atoms with Crippen molar-refractivity contribution in [1.29, 1.82) is 0 Å². The molecule has 1 aromatic rings. The van der Waals surface area contributed by atoms with E-state index in [1.54, 1.807) is 31.2 Å². The molecule has 0 fully saturated rings. The predicted molar refractivity (Wildman–Crippen MR) is 56.1 cm³/mol. The van der Waals surface area contributed by atoms with Gasteiger partial charge in [-0.05, 0) is 19.9 Å². The fourth-order valence-corrected chi connectivity index (χ4v) is 1.75. The van der Waals surface area contributed by atoms with Gasteiger partial charge >= 0.3 is 10.2 Å². The smallest absolute Gasteiger partial charge is 0.309 e. The average molecular weight is 232 g/mol. The Balaban J connectivity index is 3.13. The number of ether oxygens (including phenoxy) is 1. The molecular weight excluding hydrogens is 219 g/mol. The summed E-state index contributed by atoms with van der Waals surface area (Å²) in [5.41, 5.74) is 0.349. The van der Waals surface area contributed by atoms with Crippen molar-refractivity contribution in [1.82, 2.24) is 0 Å². The van der Waals surface area contributed by atoms with Gasteiger partial charge in [-0.15, -0.1) is 3.89 Å². The molecule has 1 aromatic carbocycles. The normalized spacial score (nSPS) is 13.5. The van der Waals surface area contributed by atoms with E-state index in [1.807, 2.05) is 0 Å². The van der Waals surface area contributed by atoms with Crippen molar-refractivity contribution in [3.63, 3.8) is 0 Å². The molecule has 15 heavy (non-hydrogen) atoms. The van der Waals surface area contributed by atoms with Crippen LogP contribution < -0.4 is 4.74 Å². The minimum Gasteiger partial charge on any atom is -0.494 e. The highest BCUT2D eigenvalue weighted by atomic mass is 32.3. The molecule has 1 unspecified atom stereocenters. The van der Waals surface area contributed by atoms with E-state index in [4.69, 9.17) is 4.74 Å². The summed E-state index contributed by atoms with van der Waals surface area (Å²) in [4.78, 5) is 0. The number of hydrogen-bond acceptors (Lipinski definition) is 3. The molecule has 1 rings (SSSR count). The largest absolute Gasteiger partial charge is 0.494 e. The molecular formula is C10H13FO3S. The second-order valence-corrected chi connectivity index (χ2v) is 4.75. The standard InChI is InChI=1S/C10H13FO3S/c1-3-14-10-7-5-4-6-9(10)8(2)15(11,12)13/h4-8H,3H2,1-2H3. The van der Waals surface area contributed by atoms with Crippen LogP contribution in [0.5, 0.6) is 5.75 Å². The Morgan fingerprint density at radius 2 is 2.00 bits per heavy atom. The molecule has 0 saturated heterocycles. The van der Waals surface area contributed by atoms with E-state index in [0.717, 1.165) is 0 Å². The van der Waals surface area contributed by atoms with Gasteiger partial charge in [-0.3, -0.25) is 0 Å². The number of halogens is 1. The van der Waals surface area contributed by atoms with E-state index in [-0.39, 0.29) is 0 Å². The molecule has 0 radical (unpaired) electrons. The number of hydrogen-bond donors (Lipinski definition) is 0. The van der Waals surface area contributed by atoms with Gasteiger partial charge in [0.25, 0.3) is 0 Å². The highest BCUT2D eigenvalue weighted by Gasteiger charge is 2.24. The fourth-order valence-electron chi connectivity index (χ4n) is 1.25. The van der Waals surface area contributed by atoms with Crippen LogP contribution >= 0.6 is 0 Å². The average Bonchev–Trinajstić information content (AvgIpc) is 2.17. The molecule has 0 spiro atoms. The van der Waals surface area contributed by atoms with E-state index in [9.17, 15) is 12.3 Å². The molecule has 5 heteroatoms. The first-order valence-corrected chi connectivity index (χ1v) is 6.06. The minimum atomic E-state index is -4.58. The molecule has 0 aliphatic heterocycles. The van der Waals surface area contributed by atoms with Gasteiger partial charge in [0.2, 0.25) is 0 Å². The number of para-hydroxylation sites is 1. The summed E-state index contributed by atoms with van der Waals surface area (Å²) < 4.78 is 39.6. The Labute approximate surface area is 89.1 Å². The van der Waals surface area contributed by atoms with Crippen molar-refractivity contribution in [3.05, 3.63) is 29.8 Å². The van der Waals surface area contributed by atoms with E-state index in [1.165, 1.54) is 6.92 Å². The number of rotatable bonds is 4. The highest BCUT2D eigenvalue weighted by molar-refractivity contribution is 7.86. The first-order chi connectivity index (χ1) is 6.96. The number of benzene rings is 1. The molecule has 3 nitrogen and oxygen atoms in total. The molecule has 0 saturated carbocycles. The first-order valence-electron chi connectivity index (χ1n) is 4.62. The van der Waals surface area contributed by atoms with Gasteiger partial charge in [0, 0.05) is 5.56 Å². The summed E-state index contributed by atoms with van der Waals surface area (Å²) in [6, 6.07) is 6.54. The summed E-state index contributed by atoms with van der Waals surface area (Å²) in [7, 11) is -4.58. The first kappa shape index (κ1) is 12.0. The molecule has 0 aliphatic rings. The monoisotopic (exact) mass is 232 g/mol. The molecule has 0 bridgehead atoms. The topological polar surface area (TPSA) is 43.4 Å². The highest BCUT2D eigenvalue weighted by Crippen LogP contribution is 2.30. The third-order valence-electron chi connectivity index (χ3n) is 2.08. The van der Waals surface area contributed by atoms with Crippen molar-refractivity contribution < 1.29 is 17.0 Å². The minimum absolute atomic E-state index is 0.349. The molecule has 0 heterocycles. The van der Waals surface area contributed by atoms with E-state index >= 15 is 0 Å². The Morgan fingerprint density at radius 3 is 2.53 bits per heavy atom. The van der Waals surface area contributed by atoms with E-state index < -0.39 is 15.5 Å². The SMILES string of the molecule is CCOc1ccccc1C(C)S(=O)(=O)F. The van der Waals surface area contributed by atoms with Crippen LogP contribution in [0.25, 0.3) is 0 Å². The zero-order valence-corrected chi connectivity index (χ0v) is 9.42. The maximum absolute atomic E-state index is 12.8. The van der Waals surface area contributed by atoms with Gasteiger partial charge in [-0.25, -0.2) is 0 Å². The summed E-state index contributed by atoms with van der Waals surface area (Å²) in [6.07, 6.45) is 0. The lowest BCUT2D eigenvalue weighted by Gasteiger charge is -2.12. The third kappa shape index (κ3) is 2.92. The molecule has 0 N–H and O–H groups in total. The summed E-state index contributed by atoms with van der Waals surface area (Å²) >= 11 is 0. The maximum Gasteiger partial charge on any atom is 0.309 e. The summed E-state index contributed by atoms with van der Waals surface area (Å²) in [5.74, 6) is 0.411. The van der Waals surface area contributed by atoms with Crippen LogP contribution in [0.1, 0.15) is 24.7 Å². The van der Waals surface area contributed by atoms with Crippen LogP contribution in [0.15, 0.2) is 24.3 Å². The van der Waals surface area contributed by atoms with Crippen LogP contribution in [0.4, 0.5) is 3.89 Å². The van der Waals surface area contributed by atoms with E-state index in [0.29, 0.717) is 17.9 Å². The Hall–Kier alpha value is -1.10. The maximum atomic E-state index is 12.8. The second-order valence-electron chi connectivity index (χ2n) is 3.09. The van der Waals surface area contributed by atoms with Gasteiger partial charge in [0.1, 0.15) is 11.0 Å². The summed E-state index contributed by atoms with van der Waals surface area (Å²) in [6.45, 7) is 3.49. The third-order valence-corrected chi connectivity index (χ3v) is 3.18. The van der Waals surface area contributed by atoms with E-state index in [2.05, 4.69) is 0 Å². The van der Waals surface area contributed by atoms with Crippen LogP contribution in [0.2, 0.25) is 0 Å². The van der Waals surface area contributed by atoms with Crippen molar-refractivity contribution in [2.75, 3.05) is 6.61 Å². The van der Waals surface area contributed by atoms with Gasteiger partial charge in [0.15, 0.2) is 0 Å². The molecule has 0 aromatic heterocycles. The molecule has 84 valence electrons. The Bertz CT molecular complexity index is 428. The lowest BCUT2D eigenvalue weighted by Crippen LogP contribution is -2.06. The Morgan fingerprint density at radius 1 is 1.40 bits per heavy atom.